The molecule has 6 heterocycles. The molecule has 514 valence electrons. The van der Waals surface area contributed by atoms with Gasteiger partial charge in [-0.2, -0.15) is 0 Å². The number of ether oxygens (including phenoxy) is 11. The van der Waals surface area contributed by atoms with Crippen LogP contribution in [0.4, 0.5) is 0 Å². The summed E-state index contributed by atoms with van der Waals surface area (Å²) < 4.78 is 63.4. The number of aliphatic hydroxyl groups excluding tert-OH is 20. The maximum Gasteiger partial charge on any atom is 0.364 e. The minimum Gasteiger partial charge on any atom is -0.477 e. The van der Waals surface area contributed by atoms with Gasteiger partial charge in [0.05, 0.1) is 63.9 Å². The third kappa shape index (κ3) is 16.0. The van der Waals surface area contributed by atoms with Crippen LogP contribution in [0.15, 0.2) is 0 Å². The van der Waals surface area contributed by atoms with E-state index in [1.807, 2.05) is 5.32 Å². The number of nitrogens with one attached hydrogen (secondary N) is 3. The third-order valence-corrected chi connectivity index (χ3v) is 15.7. The number of carboxylic acid groups (broad SMARTS) is 2. The van der Waals surface area contributed by atoms with Crippen molar-refractivity contribution in [3.63, 3.8) is 0 Å². The average molecular weight is 1310 g/mol. The molecule has 0 spiro atoms. The summed E-state index contributed by atoms with van der Waals surface area (Å²) in [5.41, 5.74) is 0. The van der Waals surface area contributed by atoms with Crippen LogP contribution in [0.3, 0.4) is 0 Å². The van der Waals surface area contributed by atoms with Gasteiger partial charge < -0.3 is 180 Å². The Morgan fingerprint density at radius 1 is 0.483 bits per heavy atom. The monoisotopic (exact) mass is 1310 g/mol. The average Bonchev–Trinajstić information content (AvgIpc) is 0.843. The lowest BCUT2D eigenvalue weighted by Gasteiger charge is -2.53. The Morgan fingerprint density at radius 3 is 1.49 bits per heavy atom. The predicted molar refractivity (Wildman–Crippen MR) is 270 cm³/mol. The summed E-state index contributed by atoms with van der Waals surface area (Å²) in [5.74, 6) is -15.0. The fraction of sp³-hybridized carbons (Fsp3) is 0.896. The first-order valence-electron chi connectivity index (χ1n) is 27.5. The molecular weight excluding hydrogens is 1230 g/mol. The number of carboxylic acids is 2. The second-order valence-electron chi connectivity index (χ2n) is 21.8. The smallest absolute Gasteiger partial charge is 0.364 e. The molecule has 0 bridgehead atoms. The Bertz CT molecular complexity index is 2340. The first kappa shape index (κ1) is 74.2. The minimum absolute atomic E-state index is 0.840. The van der Waals surface area contributed by atoms with Crippen LogP contribution in [-0.4, -0.2) is 384 Å². The summed E-state index contributed by atoms with van der Waals surface area (Å²) in [6, 6.07) is -6.03. The van der Waals surface area contributed by atoms with Crippen molar-refractivity contribution in [2.45, 2.75) is 222 Å². The van der Waals surface area contributed by atoms with Crippen molar-refractivity contribution in [1.29, 1.82) is 0 Å². The molecule has 6 aliphatic rings. The number of rotatable bonds is 26. The van der Waals surface area contributed by atoms with E-state index < -0.39 is 284 Å². The first-order valence-corrected chi connectivity index (χ1v) is 27.5. The van der Waals surface area contributed by atoms with Gasteiger partial charge in [-0.3, -0.25) is 14.4 Å². The molecule has 89 heavy (non-hydrogen) atoms. The highest BCUT2D eigenvalue weighted by Gasteiger charge is 2.64. The van der Waals surface area contributed by atoms with E-state index in [1.54, 1.807) is 0 Å². The predicted octanol–water partition coefficient (Wildman–Crippen LogP) is -16.3. The molecule has 32 atom stereocenters. The van der Waals surface area contributed by atoms with Crippen molar-refractivity contribution < 1.29 is 188 Å². The van der Waals surface area contributed by atoms with E-state index in [9.17, 15) is 136 Å². The Labute approximate surface area is 501 Å². The van der Waals surface area contributed by atoms with E-state index in [4.69, 9.17) is 52.1 Å². The first-order chi connectivity index (χ1) is 41.8. The van der Waals surface area contributed by atoms with Crippen molar-refractivity contribution >= 4 is 29.7 Å². The van der Waals surface area contributed by atoms with E-state index >= 15 is 0 Å². The number of hydrogen-bond acceptors (Lipinski definition) is 36. The Kier molecular flexibility index (Phi) is 26.1. The van der Waals surface area contributed by atoms with Crippen LogP contribution in [0.2, 0.25) is 0 Å². The molecule has 6 aliphatic heterocycles. The summed E-state index contributed by atoms with van der Waals surface area (Å²) in [6.45, 7) is -7.01. The molecule has 6 rings (SSSR count). The molecule has 0 aromatic heterocycles. The van der Waals surface area contributed by atoms with Crippen LogP contribution < -0.4 is 16.0 Å². The molecule has 0 aliphatic carbocycles. The normalized spacial score (nSPS) is 44.2. The minimum atomic E-state index is -3.66. The zero-order valence-electron chi connectivity index (χ0n) is 47.1. The number of aliphatic carboxylic acids is 2. The van der Waals surface area contributed by atoms with Crippen molar-refractivity contribution in [2.24, 2.45) is 0 Å². The van der Waals surface area contributed by atoms with Crippen molar-refractivity contribution in [3.8, 4) is 0 Å². The zero-order valence-corrected chi connectivity index (χ0v) is 47.1. The number of amides is 3. The van der Waals surface area contributed by atoms with Crippen LogP contribution in [0.25, 0.3) is 0 Å². The molecule has 6 fully saturated rings. The SMILES string of the molecule is CC(=O)N[C@H]1[C@H](O[C@@H]2[C@H](O[C@]3(C(=O)O)C[C@H](O)[C@@H](NC(C)=O)[C@H]([C@H](O)[C@@H](CO)O[C@]4(C(=O)O)C[C@H](O)[C@@H](NC(=O)CO)[C@H]([C@H](O)[C@H](O)CO)O4)O3)[C@@H](O)[C@H](O[C@H]3[C@H](O)[C@@H](O)[C@H](O)O[C@@H]3CO)O[C@@H]2CO)O[C@H](CO)[C@H](O)[C@@H]1O[C@@H]1O[C@H](CO)[C@H](O)[C@H](O)[C@H]1O. The van der Waals surface area contributed by atoms with E-state index in [0.717, 1.165) is 13.8 Å². The molecule has 0 radical (unpaired) electrons. The fourth-order valence-electron chi connectivity index (χ4n) is 11.1. The van der Waals surface area contributed by atoms with Gasteiger partial charge in [0.15, 0.2) is 25.2 Å². The van der Waals surface area contributed by atoms with Crippen molar-refractivity contribution in [3.05, 3.63) is 0 Å². The summed E-state index contributed by atoms with van der Waals surface area (Å²) in [6.07, 6.45) is -63.5. The molecule has 3 amide bonds. The van der Waals surface area contributed by atoms with Crippen molar-refractivity contribution in [2.75, 3.05) is 46.2 Å². The van der Waals surface area contributed by atoms with E-state index in [1.165, 1.54) is 0 Å². The quantitative estimate of drug-likeness (QED) is 0.0382. The van der Waals surface area contributed by atoms with Gasteiger partial charge in [0.1, 0.15) is 141 Å². The maximum absolute atomic E-state index is 14.0. The largest absolute Gasteiger partial charge is 0.477 e. The van der Waals surface area contributed by atoms with E-state index in [2.05, 4.69) is 10.6 Å². The fourth-order valence-corrected chi connectivity index (χ4v) is 11.1. The molecule has 25 N–H and O–H groups in total. The van der Waals surface area contributed by atoms with Crippen LogP contribution in [0.5, 0.6) is 0 Å². The summed E-state index contributed by atoms with van der Waals surface area (Å²) >= 11 is 0. The number of hydrogen-bond donors (Lipinski definition) is 25. The maximum atomic E-state index is 14.0. The third-order valence-electron chi connectivity index (χ3n) is 15.7. The van der Waals surface area contributed by atoms with Gasteiger partial charge in [0.2, 0.25) is 17.7 Å². The van der Waals surface area contributed by atoms with Crippen LogP contribution >= 0.6 is 0 Å². The highest BCUT2D eigenvalue weighted by molar-refractivity contribution is 5.78. The zero-order chi connectivity index (χ0) is 66.5. The number of carbonyl (C=O) groups excluding carboxylic acids is 3. The molecule has 0 aromatic rings. The molecule has 41 nitrogen and oxygen atoms in total. The second kappa shape index (κ2) is 31.4. The van der Waals surface area contributed by atoms with Gasteiger partial charge in [-0.15, -0.1) is 0 Å². The summed E-state index contributed by atoms with van der Waals surface area (Å²) in [5, 5.41) is 244. The van der Waals surface area contributed by atoms with Crippen LogP contribution in [0.1, 0.15) is 26.7 Å². The Morgan fingerprint density at radius 2 is 0.955 bits per heavy atom. The van der Waals surface area contributed by atoms with Gasteiger partial charge in [-0.05, 0) is 0 Å². The number of carbonyl (C=O) groups is 5. The molecule has 41 heteroatoms. The van der Waals surface area contributed by atoms with Gasteiger partial charge in [0.25, 0.3) is 11.6 Å². The van der Waals surface area contributed by atoms with Gasteiger partial charge in [-0.1, -0.05) is 0 Å². The van der Waals surface area contributed by atoms with Gasteiger partial charge >= 0.3 is 11.9 Å². The lowest BCUT2D eigenvalue weighted by molar-refractivity contribution is -0.403. The van der Waals surface area contributed by atoms with Crippen molar-refractivity contribution in [1.82, 2.24) is 16.0 Å². The highest BCUT2D eigenvalue weighted by Crippen LogP contribution is 2.42. The van der Waals surface area contributed by atoms with Gasteiger partial charge in [-0.25, -0.2) is 9.59 Å². The van der Waals surface area contributed by atoms with Crippen LogP contribution in [0, 0.1) is 0 Å². The molecule has 0 saturated carbocycles. The Balaban J connectivity index is 1.46. The highest BCUT2D eigenvalue weighted by atomic mass is 16.8. The van der Waals surface area contributed by atoms with E-state index in [0.29, 0.717) is 0 Å². The molecule has 0 aromatic carbocycles. The summed E-state index contributed by atoms with van der Waals surface area (Å²) in [7, 11) is 0. The lowest BCUT2D eigenvalue weighted by Crippen LogP contribution is -2.73. The van der Waals surface area contributed by atoms with E-state index in [-0.39, 0.29) is 0 Å². The van der Waals surface area contributed by atoms with Gasteiger partial charge in [0, 0.05) is 26.7 Å². The topological polar surface area (TPSA) is 668 Å². The molecule has 0 unspecified atom stereocenters. The molecule has 6 saturated heterocycles. The number of aliphatic hydroxyl groups is 20. The standard InChI is InChI=1S/C48H79N3O38/c1-12(59)49-23-14(61)4-48(46(77)78,88-39(23)29(68)19(8-55)86-47(45(75)76)3-15(62)24(51-22(64)11-58)38(87-47)26(65)16(63)5-52)89-40-34(73)44(83-35-20(9-56)79-41(74)32(71)31(35)70)82-21(10-57)36(40)84-42-25(50-13(2)60)37(28(67)18(7-54)80-42)85-43-33(72)30(69)27(66)17(6-53)81-43/h14-21,23-44,52-58,61-63,65-74H,3-11H2,1-2H3,(H,49,59)(H,50,60)(H,51,64)(H,75,76)(H,77,78)/t14-,15-,16+,17+,18+,19+,20+,21+,23+,24+,25+,26+,27-,28-,29+,30-,31+,32+,33+,34+,35+,36-,37+,38+,39+,40+,41+,42-,43-,44-,47+,48-/m0/s1. The summed E-state index contributed by atoms with van der Waals surface area (Å²) in [4.78, 5) is 65.2. The molecular formula is C48H79N3O38. The Hall–Kier alpha value is -3.89. The second-order valence-corrected chi connectivity index (χ2v) is 21.8. The lowest BCUT2D eigenvalue weighted by atomic mass is 9.87. The van der Waals surface area contributed by atoms with Crippen LogP contribution in [-0.2, 0) is 76.1 Å².